The van der Waals surface area contributed by atoms with E-state index >= 15 is 0 Å². The molecule has 0 radical (unpaired) electrons. The number of hydrogen-bond acceptors (Lipinski definition) is 4. The quantitative estimate of drug-likeness (QED) is 0.734. The summed E-state index contributed by atoms with van der Waals surface area (Å²) in [6.45, 7) is 0.000253. The first-order chi connectivity index (χ1) is 11.7. The first-order valence-electron chi connectivity index (χ1n) is 7.55. The molecule has 0 saturated heterocycles. The fourth-order valence-electron chi connectivity index (χ4n) is 2.32. The van der Waals surface area contributed by atoms with Crippen LogP contribution < -0.4 is 5.32 Å². The molecule has 0 aliphatic carbocycles. The summed E-state index contributed by atoms with van der Waals surface area (Å²) in [5, 5.41) is 3.45. The summed E-state index contributed by atoms with van der Waals surface area (Å²) < 4.78 is 5.13. The van der Waals surface area contributed by atoms with Crippen molar-refractivity contribution in [1.82, 2.24) is 10.3 Å². The number of ether oxygens (including phenoxy) is 1. The lowest BCUT2D eigenvalue weighted by Gasteiger charge is -2.08. The SMILES string of the molecule is O=C(CNC(=O)c1cccc2cccnc12)OCc1ccccc1. The minimum Gasteiger partial charge on any atom is -0.460 e. The van der Waals surface area contributed by atoms with Crippen molar-refractivity contribution < 1.29 is 14.3 Å². The van der Waals surface area contributed by atoms with E-state index in [0.29, 0.717) is 11.1 Å². The van der Waals surface area contributed by atoms with Gasteiger partial charge in [-0.2, -0.15) is 0 Å². The third kappa shape index (κ3) is 3.76. The minimum atomic E-state index is -0.486. The fourth-order valence-corrected chi connectivity index (χ4v) is 2.32. The van der Waals surface area contributed by atoms with Gasteiger partial charge in [-0.3, -0.25) is 14.6 Å². The maximum atomic E-state index is 12.3. The van der Waals surface area contributed by atoms with Gasteiger partial charge >= 0.3 is 5.97 Å². The van der Waals surface area contributed by atoms with Crippen LogP contribution in [0.25, 0.3) is 10.9 Å². The molecule has 24 heavy (non-hydrogen) atoms. The Morgan fingerprint density at radius 2 is 1.75 bits per heavy atom. The largest absolute Gasteiger partial charge is 0.460 e. The molecular formula is C19H16N2O3. The van der Waals surface area contributed by atoms with Gasteiger partial charge in [0.1, 0.15) is 13.2 Å². The van der Waals surface area contributed by atoms with E-state index in [1.807, 2.05) is 48.5 Å². The van der Waals surface area contributed by atoms with Crippen LogP contribution >= 0.6 is 0 Å². The summed E-state index contributed by atoms with van der Waals surface area (Å²) in [7, 11) is 0. The Labute approximate surface area is 139 Å². The summed E-state index contributed by atoms with van der Waals surface area (Å²) in [6.07, 6.45) is 1.63. The summed E-state index contributed by atoms with van der Waals surface area (Å²) in [5.41, 5.74) is 1.94. The number of benzene rings is 2. The van der Waals surface area contributed by atoms with Gasteiger partial charge in [-0.25, -0.2) is 0 Å². The number of rotatable bonds is 5. The topological polar surface area (TPSA) is 68.3 Å². The van der Waals surface area contributed by atoms with Crippen molar-refractivity contribution in [3.63, 3.8) is 0 Å². The lowest BCUT2D eigenvalue weighted by molar-refractivity contribution is -0.143. The summed E-state index contributed by atoms with van der Waals surface area (Å²) >= 11 is 0. The molecule has 0 fully saturated rings. The normalized spacial score (nSPS) is 10.3. The maximum Gasteiger partial charge on any atom is 0.325 e. The molecule has 3 rings (SSSR count). The van der Waals surface area contributed by atoms with Crippen molar-refractivity contribution in [2.45, 2.75) is 6.61 Å². The Kier molecular flexibility index (Phi) is 4.81. The Morgan fingerprint density at radius 3 is 2.58 bits per heavy atom. The van der Waals surface area contributed by atoms with Gasteiger partial charge < -0.3 is 10.1 Å². The van der Waals surface area contributed by atoms with Crippen molar-refractivity contribution in [2.24, 2.45) is 0 Å². The molecule has 1 aromatic heterocycles. The molecule has 5 heteroatoms. The molecule has 1 amide bonds. The number of carbonyl (C=O) groups excluding carboxylic acids is 2. The Bertz CT molecular complexity index is 857. The van der Waals surface area contributed by atoms with Crippen LogP contribution in [-0.2, 0) is 16.1 Å². The van der Waals surface area contributed by atoms with E-state index in [0.717, 1.165) is 10.9 Å². The Balaban J connectivity index is 1.58. The lowest BCUT2D eigenvalue weighted by atomic mass is 10.1. The highest BCUT2D eigenvalue weighted by atomic mass is 16.5. The number of aromatic nitrogens is 1. The molecule has 5 nitrogen and oxygen atoms in total. The molecule has 0 aliphatic rings. The molecule has 0 bridgehead atoms. The van der Waals surface area contributed by atoms with Crippen molar-refractivity contribution in [3.05, 3.63) is 78.0 Å². The zero-order chi connectivity index (χ0) is 16.8. The van der Waals surface area contributed by atoms with Gasteiger partial charge in [-0.15, -0.1) is 0 Å². The van der Waals surface area contributed by atoms with Crippen LogP contribution in [0.4, 0.5) is 0 Å². The lowest BCUT2D eigenvalue weighted by Crippen LogP contribution is -2.30. The molecule has 3 aromatic rings. The first-order valence-corrected chi connectivity index (χ1v) is 7.55. The van der Waals surface area contributed by atoms with Crippen molar-refractivity contribution in [3.8, 4) is 0 Å². The molecule has 0 atom stereocenters. The van der Waals surface area contributed by atoms with Gasteiger partial charge in [-0.1, -0.05) is 48.5 Å². The smallest absolute Gasteiger partial charge is 0.325 e. The van der Waals surface area contributed by atoms with Crippen LogP contribution in [0.1, 0.15) is 15.9 Å². The number of nitrogens with one attached hydrogen (secondary N) is 1. The Morgan fingerprint density at radius 1 is 0.958 bits per heavy atom. The van der Waals surface area contributed by atoms with E-state index < -0.39 is 5.97 Å². The molecule has 0 saturated carbocycles. The van der Waals surface area contributed by atoms with E-state index in [9.17, 15) is 9.59 Å². The number of carbonyl (C=O) groups is 2. The summed E-state index contributed by atoms with van der Waals surface area (Å²) in [4.78, 5) is 28.3. The highest BCUT2D eigenvalue weighted by Gasteiger charge is 2.12. The summed E-state index contributed by atoms with van der Waals surface area (Å²) in [5.74, 6) is -0.837. The molecule has 0 aliphatic heterocycles. The van der Waals surface area contributed by atoms with Crippen molar-refractivity contribution >= 4 is 22.8 Å². The van der Waals surface area contributed by atoms with Crippen LogP contribution in [0.2, 0.25) is 0 Å². The Hall–Kier alpha value is -3.21. The highest BCUT2D eigenvalue weighted by Crippen LogP contribution is 2.15. The van der Waals surface area contributed by atoms with Crippen molar-refractivity contribution in [1.29, 1.82) is 0 Å². The standard InChI is InChI=1S/C19H16N2O3/c22-17(24-13-14-6-2-1-3-7-14)12-21-19(23)16-10-4-8-15-9-5-11-20-18(15)16/h1-11H,12-13H2,(H,21,23). The second-order valence-corrected chi connectivity index (χ2v) is 5.21. The van der Waals surface area contributed by atoms with E-state index in [-0.39, 0.29) is 19.1 Å². The third-order valence-corrected chi connectivity index (χ3v) is 3.51. The average molecular weight is 320 g/mol. The predicted octanol–water partition coefficient (Wildman–Crippen LogP) is 2.71. The van der Waals surface area contributed by atoms with Gasteiger partial charge in [-0.05, 0) is 17.7 Å². The second kappa shape index (κ2) is 7.37. The van der Waals surface area contributed by atoms with Crippen LogP contribution in [0, 0.1) is 0 Å². The fraction of sp³-hybridized carbons (Fsp3) is 0.105. The number of hydrogen-bond donors (Lipinski definition) is 1. The van der Waals surface area contributed by atoms with Gasteiger partial charge in [0.15, 0.2) is 0 Å². The first kappa shape index (κ1) is 15.7. The minimum absolute atomic E-state index is 0.186. The van der Waals surface area contributed by atoms with Gasteiger partial charge in [0, 0.05) is 11.6 Å². The van der Waals surface area contributed by atoms with Gasteiger partial charge in [0.05, 0.1) is 11.1 Å². The van der Waals surface area contributed by atoms with E-state index in [1.54, 1.807) is 18.3 Å². The molecule has 1 heterocycles. The number of esters is 1. The maximum absolute atomic E-state index is 12.3. The monoisotopic (exact) mass is 320 g/mol. The summed E-state index contributed by atoms with van der Waals surface area (Å²) in [6, 6.07) is 18.4. The number of pyridine rings is 1. The molecule has 120 valence electrons. The molecule has 2 aromatic carbocycles. The molecule has 1 N–H and O–H groups in total. The number of fused-ring (bicyclic) bond motifs is 1. The number of para-hydroxylation sites is 1. The van der Waals surface area contributed by atoms with E-state index in [1.165, 1.54) is 0 Å². The average Bonchev–Trinajstić information content (AvgIpc) is 2.64. The zero-order valence-corrected chi connectivity index (χ0v) is 12.9. The van der Waals surface area contributed by atoms with Crippen LogP contribution in [-0.4, -0.2) is 23.4 Å². The van der Waals surface area contributed by atoms with Gasteiger partial charge in [0.2, 0.25) is 0 Å². The van der Waals surface area contributed by atoms with Gasteiger partial charge in [0.25, 0.3) is 5.91 Å². The van der Waals surface area contributed by atoms with Crippen LogP contribution in [0.5, 0.6) is 0 Å². The highest BCUT2D eigenvalue weighted by molar-refractivity contribution is 6.06. The zero-order valence-electron chi connectivity index (χ0n) is 12.9. The van der Waals surface area contributed by atoms with E-state index in [4.69, 9.17) is 4.74 Å². The van der Waals surface area contributed by atoms with Crippen LogP contribution in [0.15, 0.2) is 66.9 Å². The van der Waals surface area contributed by atoms with Crippen LogP contribution in [0.3, 0.4) is 0 Å². The number of amides is 1. The second-order valence-electron chi connectivity index (χ2n) is 5.21. The molecular weight excluding hydrogens is 304 g/mol. The predicted molar refractivity (Wildman–Crippen MR) is 90.3 cm³/mol. The third-order valence-electron chi connectivity index (χ3n) is 3.51. The molecule has 0 spiro atoms. The van der Waals surface area contributed by atoms with E-state index in [2.05, 4.69) is 10.3 Å². The van der Waals surface area contributed by atoms with Crippen molar-refractivity contribution in [2.75, 3.05) is 6.54 Å². The molecule has 0 unspecified atom stereocenters. The number of nitrogens with zero attached hydrogens (tertiary/aromatic N) is 1.